The Morgan fingerprint density at radius 1 is 1.23 bits per heavy atom. The summed E-state index contributed by atoms with van der Waals surface area (Å²) in [6.07, 6.45) is 7.07. The molecule has 2 aromatic heterocycles. The average molecular weight is 407 g/mol. The van der Waals surface area contributed by atoms with Crippen LogP contribution in [0.5, 0.6) is 5.75 Å². The second-order valence-electron chi connectivity index (χ2n) is 7.52. The molecule has 156 valence electrons. The molecule has 1 unspecified atom stereocenters. The van der Waals surface area contributed by atoms with Gasteiger partial charge in [-0.2, -0.15) is 0 Å². The fourth-order valence-electron chi connectivity index (χ4n) is 4.34. The first-order valence-corrected chi connectivity index (χ1v) is 10.1. The zero-order chi connectivity index (χ0) is 21.1. The molecule has 0 spiro atoms. The number of methoxy groups -OCH3 is 1. The van der Waals surface area contributed by atoms with Gasteiger partial charge >= 0.3 is 5.97 Å². The third-order valence-electron chi connectivity index (χ3n) is 5.69. The van der Waals surface area contributed by atoms with E-state index in [4.69, 9.17) is 15.2 Å². The number of benzene rings is 1. The summed E-state index contributed by atoms with van der Waals surface area (Å²) in [5.41, 5.74) is 9.88. The summed E-state index contributed by atoms with van der Waals surface area (Å²) in [7, 11) is 1.33. The van der Waals surface area contributed by atoms with Crippen molar-refractivity contribution in [2.45, 2.75) is 38.1 Å². The van der Waals surface area contributed by atoms with E-state index in [1.807, 2.05) is 36.5 Å². The topological polar surface area (TPSA) is 96.4 Å². The van der Waals surface area contributed by atoms with Gasteiger partial charge in [-0.3, -0.25) is 9.78 Å². The molecule has 2 N–H and O–H groups in total. The van der Waals surface area contributed by atoms with Crippen LogP contribution in [0, 0.1) is 0 Å². The molecule has 7 heteroatoms. The Hall–Kier alpha value is -3.35. The molecular weight excluding hydrogens is 382 g/mol. The van der Waals surface area contributed by atoms with Gasteiger partial charge in [0.05, 0.1) is 18.5 Å². The van der Waals surface area contributed by atoms with Crippen LogP contribution in [0.25, 0.3) is 10.9 Å². The van der Waals surface area contributed by atoms with Gasteiger partial charge < -0.3 is 19.8 Å². The fraction of sp³-hybridized carbons (Fsp3) is 0.348. The van der Waals surface area contributed by atoms with Crippen LogP contribution < -0.4 is 10.5 Å². The van der Waals surface area contributed by atoms with Gasteiger partial charge in [-0.05, 0) is 48.6 Å². The minimum atomic E-state index is -0.459. The van der Waals surface area contributed by atoms with E-state index >= 15 is 0 Å². The van der Waals surface area contributed by atoms with Crippen molar-refractivity contribution in [2.75, 3.05) is 13.7 Å². The number of fused-ring (bicyclic) bond motifs is 3. The van der Waals surface area contributed by atoms with Gasteiger partial charge in [0.25, 0.3) is 0 Å². The number of pyridine rings is 1. The largest absolute Gasteiger partial charge is 0.481 e. The van der Waals surface area contributed by atoms with Gasteiger partial charge in [0.1, 0.15) is 5.75 Å². The summed E-state index contributed by atoms with van der Waals surface area (Å²) < 4.78 is 12.8. The van der Waals surface area contributed by atoms with E-state index in [0.717, 1.165) is 47.0 Å². The Bertz CT molecular complexity index is 1070. The highest BCUT2D eigenvalue weighted by molar-refractivity contribution is 5.97. The molecule has 0 aliphatic heterocycles. The monoisotopic (exact) mass is 407 g/mol. The lowest BCUT2D eigenvalue weighted by Crippen LogP contribution is -2.21. The number of aromatic nitrogens is 2. The summed E-state index contributed by atoms with van der Waals surface area (Å²) in [6, 6.07) is 9.68. The number of hydrogen-bond acceptors (Lipinski definition) is 5. The first-order valence-electron chi connectivity index (χ1n) is 10.1. The van der Waals surface area contributed by atoms with Crippen LogP contribution in [0.15, 0.2) is 42.7 Å². The third kappa shape index (κ3) is 3.75. The van der Waals surface area contributed by atoms with E-state index in [-0.39, 0.29) is 18.4 Å². The molecule has 1 atom stereocenters. The smallest absolute Gasteiger partial charge is 0.343 e. The zero-order valence-corrected chi connectivity index (χ0v) is 17.0. The summed E-state index contributed by atoms with van der Waals surface area (Å²) in [5.74, 6) is -0.615. The number of nitrogens with two attached hydrogens (primary N) is 1. The van der Waals surface area contributed by atoms with Crippen LogP contribution in [-0.2, 0) is 27.3 Å². The average Bonchev–Trinajstić information content (AvgIpc) is 2.91. The van der Waals surface area contributed by atoms with Crippen molar-refractivity contribution in [3.05, 3.63) is 59.5 Å². The van der Waals surface area contributed by atoms with Crippen LogP contribution in [0.1, 0.15) is 42.0 Å². The zero-order valence-electron chi connectivity index (χ0n) is 17.0. The van der Waals surface area contributed by atoms with Gasteiger partial charge in [-0.1, -0.05) is 18.6 Å². The highest BCUT2D eigenvalue weighted by atomic mass is 16.6. The van der Waals surface area contributed by atoms with Crippen molar-refractivity contribution in [1.29, 1.82) is 0 Å². The number of hydrogen-bond donors (Lipinski definition) is 1. The number of carbonyl (C=O) groups is 2. The number of rotatable bonds is 6. The van der Waals surface area contributed by atoms with Crippen molar-refractivity contribution in [3.8, 4) is 5.75 Å². The highest BCUT2D eigenvalue weighted by Gasteiger charge is 2.31. The molecule has 3 aromatic rings. The SMILES string of the molecule is COC(=O)COc1cccc2c1c1c(n2Cc2cccnc2)CCCCC1C(N)=O. The standard InChI is InChI=1S/C23H25N3O4/c1-29-20(27)14-30-19-10-4-9-18-22(19)21-16(23(24)28)7-2-3-8-17(21)26(18)13-15-6-5-11-25-12-15/h4-6,9-12,16H,2-3,7-8,13-14H2,1H3,(H2,24,28). The summed E-state index contributed by atoms with van der Waals surface area (Å²) in [6.45, 7) is 0.436. The maximum Gasteiger partial charge on any atom is 0.343 e. The van der Waals surface area contributed by atoms with E-state index in [0.29, 0.717) is 18.7 Å². The lowest BCUT2D eigenvalue weighted by Gasteiger charge is -2.14. The minimum Gasteiger partial charge on any atom is -0.481 e. The van der Waals surface area contributed by atoms with Gasteiger partial charge in [0.15, 0.2) is 6.61 Å². The molecule has 0 saturated heterocycles. The maximum atomic E-state index is 12.4. The van der Waals surface area contributed by atoms with E-state index in [9.17, 15) is 9.59 Å². The molecule has 1 amide bonds. The van der Waals surface area contributed by atoms with Gasteiger partial charge in [0, 0.05) is 30.0 Å². The van der Waals surface area contributed by atoms with Gasteiger partial charge in [-0.15, -0.1) is 0 Å². The van der Waals surface area contributed by atoms with E-state index in [1.165, 1.54) is 7.11 Å². The number of nitrogens with zero attached hydrogens (tertiary/aromatic N) is 2. The molecule has 1 aliphatic rings. The number of amides is 1. The highest BCUT2D eigenvalue weighted by Crippen LogP contribution is 2.42. The molecule has 30 heavy (non-hydrogen) atoms. The molecule has 0 fully saturated rings. The lowest BCUT2D eigenvalue weighted by atomic mass is 9.92. The Kier molecular flexibility index (Phi) is 5.70. The van der Waals surface area contributed by atoms with E-state index in [1.54, 1.807) is 6.20 Å². The molecule has 2 heterocycles. The summed E-state index contributed by atoms with van der Waals surface area (Å²) in [5, 5.41) is 0.853. The molecule has 1 aromatic carbocycles. The Morgan fingerprint density at radius 3 is 2.83 bits per heavy atom. The van der Waals surface area contributed by atoms with Crippen LogP contribution in [0.3, 0.4) is 0 Å². The number of esters is 1. The van der Waals surface area contributed by atoms with Crippen LogP contribution in [-0.4, -0.2) is 35.1 Å². The normalized spacial score (nSPS) is 16.0. The van der Waals surface area contributed by atoms with Crippen molar-refractivity contribution < 1.29 is 19.1 Å². The number of ether oxygens (including phenoxy) is 2. The van der Waals surface area contributed by atoms with Crippen LogP contribution in [0.4, 0.5) is 0 Å². The molecule has 0 bridgehead atoms. The van der Waals surface area contributed by atoms with Crippen molar-refractivity contribution >= 4 is 22.8 Å². The molecular formula is C23H25N3O4. The predicted octanol–water partition coefficient (Wildman–Crippen LogP) is 2.93. The third-order valence-corrected chi connectivity index (χ3v) is 5.69. The van der Waals surface area contributed by atoms with Crippen LogP contribution >= 0.6 is 0 Å². The molecule has 1 aliphatic carbocycles. The summed E-state index contributed by atoms with van der Waals surface area (Å²) >= 11 is 0. The predicted molar refractivity (Wildman–Crippen MR) is 112 cm³/mol. The quantitative estimate of drug-likeness (QED) is 0.501. The van der Waals surface area contributed by atoms with Crippen molar-refractivity contribution in [2.24, 2.45) is 5.73 Å². The molecule has 0 saturated carbocycles. The van der Waals surface area contributed by atoms with Crippen LogP contribution in [0.2, 0.25) is 0 Å². The Morgan fingerprint density at radius 2 is 2.10 bits per heavy atom. The molecule has 7 nitrogen and oxygen atoms in total. The van der Waals surface area contributed by atoms with Gasteiger partial charge in [-0.25, -0.2) is 4.79 Å². The molecule has 4 rings (SSSR count). The fourth-order valence-corrected chi connectivity index (χ4v) is 4.34. The number of primary amides is 1. The minimum absolute atomic E-state index is 0.195. The van der Waals surface area contributed by atoms with Gasteiger partial charge in [0.2, 0.25) is 5.91 Å². The van der Waals surface area contributed by atoms with E-state index < -0.39 is 5.97 Å². The van der Waals surface area contributed by atoms with Crippen molar-refractivity contribution in [1.82, 2.24) is 9.55 Å². The maximum absolute atomic E-state index is 12.4. The Labute approximate surface area is 174 Å². The molecule has 0 radical (unpaired) electrons. The second kappa shape index (κ2) is 8.57. The first kappa shape index (κ1) is 19.9. The second-order valence-corrected chi connectivity index (χ2v) is 7.52. The number of carbonyl (C=O) groups excluding carboxylic acids is 2. The van der Waals surface area contributed by atoms with Crippen molar-refractivity contribution in [3.63, 3.8) is 0 Å². The Balaban J connectivity index is 1.91. The first-order chi connectivity index (χ1) is 14.6. The lowest BCUT2D eigenvalue weighted by molar-refractivity contribution is -0.142. The van der Waals surface area contributed by atoms with E-state index in [2.05, 4.69) is 9.55 Å². The summed E-state index contributed by atoms with van der Waals surface area (Å²) in [4.78, 5) is 28.3.